The van der Waals surface area contributed by atoms with Crippen LogP contribution in [0, 0.1) is 5.92 Å². The summed E-state index contributed by atoms with van der Waals surface area (Å²) in [6, 6.07) is 11.0. The number of carbonyl (C=O) groups is 1. The van der Waals surface area contributed by atoms with Crippen LogP contribution < -0.4 is 0 Å². The number of carbonyl (C=O) groups excluding carboxylic acids is 1. The van der Waals surface area contributed by atoms with Crippen LogP contribution in [0.1, 0.15) is 38.7 Å². The second-order valence-electron chi connectivity index (χ2n) is 8.17. The quantitative estimate of drug-likeness (QED) is 0.841. The van der Waals surface area contributed by atoms with Crippen molar-refractivity contribution in [2.75, 3.05) is 46.3 Å². The molecule has 1 amide bonds. The van der Waals surface area contributed by atoms with Crippen molar-refractivity contribution in [2.45, 2.75) is 38.6 Å². The molecule has 1 aromatic rings. The minimum Gasteiger partial charge on any atom is -0.340 e. The molecule has 2 aliphatic rings. The summed E-state index contributed by atoms with van der Waals surface area (Å²) < 4.78 is 0. The van der Waals surface area contributed by atoms with E-state index in [1.807, 2.05) is 0 Å². The molecule has 0 bridgehead atoms. The number of likely N-dealkylation sites (tertiary alicyclic amines) is 1. The SMILES string of the molecule is CC(C)CC(=O)N1CCN(C2(c3ccccc3)CCN(C)CC2)CC1. The topological polar surface area (TPSA) is 26.8 Å². The minimum absolute atomic E-state index is 0.140. The molecule has 1 aromatic carbocycles. The lowest BCUT2D eigenvalue weighted by atomic mass is 9.79. The summed E-state index contributed by atoms with van der Waals surface area (Å²) in [5.74, 6) is 0.766. The lowest BCUT2D eigenvalue weighted by Crippen LogP contribution is -2.59. The van der Waals surface area contributed by atoms with Crippen LogP contribution in [0.2, 0.25) is 0 Å². The first-order chi connectivity index (χ1) is 12.0. The Morgan fingerprint density at radius 1 is 1.00 bits per heavy atom. The molecular weight excluding hydrogens is 310 g/mol. The third-order valence-corrected chi connectivity index (χ3v) is 5.95. The maximum Gasteiger partial charge on any atom is 0.222 e. The van der Waals surface area contributed by atoms with E-state index in [4.69, 9.17) is 0 Å². The molecule has 2 saturated heterocycles. The molecule has 0 unspecified atom stereocenters. The summed E-state index contributed by atoms with van der Waals surface area (Å²) in [6.07, 6.45) is 3.02. The van der Waals surface area contributed by atoms with Crippen molar-refractivity contribution in [3.05, 3.63) is 35.9 Å². The van der Waals surface area contributed by atoms with E-state index in [0.717, 1.165) is 39.3 Å². The highest BCUT2D eigenvalue weighted by molar-refractivity contribution is 5.76. The van der Waals surface area contributed by atoms with Gasteiger partial charge in [-0.25, -0.2) is 0 Å². The van der Waals surface area contributed by atoms with Crippen LogP contribution in [0.25, 0.3) is 0 Å². The molecule has 138 valence electrons. The Hall–Kier alpha value is -1.39. The molecule has 0 aliphatic carbocycles. The highest BCUT2D eigenvalue weighted by Gasteiger charge is 2.42. The van der Waals surface area contributed by atoms with E-state index in [2.05, 4.69) is 65.9 Å². The number of piperazine rings is 1. The van der Waals surface area contributed by atoms with Gasteiger partial charge in [0.25, 0.3) is 0 Å². The summed E-state index contributed by atoms with van der Waals surface area (Å²) in [5.41, 5.74) is 1.59. The average molecular weight is 344 g/mol. The van der Waals surface area contributed by atoms with Crippen molar-refractivity contribution in [3.8, 4) is 0 Å². The number of hydrogen-bond donors (Lipinski definition) is 0. The molecule has 3 rings (SSSR count). The van der Waals surface area contributed by atoms with Crippen LogP contribution in [0.4, 0.5) is 0 Å². The van der Waals surface area contributed by atoms with Crippen molar-refractivity contribution in [1.29, 1.82) is 0 Å². The van der Waals surface area contributed by atoms with Crippen molar-refractivity contribution in [2.24, 2.45) is 5.92 Å². The standard InChI is InChI=1S/C21H33N3O/c1-18(2)17-20(25)23-13-15-24(16-14-23)21(9-11-22(3)12-10-21)19-7-5-4-6-8-19/h4-8,18H,9-17H2,1-3H3. The second-order valence-corrected chi connectivity index (χ2v) is 8.17. The Morgan fingerprint density at radius 2 is 1.60 bits per heavy atom. The first-order valence-corrected chi connectivity index (χ1v) is 9.78. The summed E-state index contributed by atoms with van der Waals surface area (Å²) in [4.78, 5) is 19.6. The van der Waals surface area contributed by atoms with Crippen LogP contribution in [0.3, 0.4) is 0 Å². The van der Waals surface area contributed by atoms with Gasteiger partial charge in [-0.2, -0.15) is 0 Å². The lowest BCUT2D eigenvalue weighted by molar-refractivity contribution is -0.135. The van der Waals surface area contributed by atoms with Crippen molar-refractivity contribution >= 4 is 5.91 Å². The maximum absolute atomic E-state index is 12.4. The van der Waals surface area contributed by atoms with E-state index in [0.29, 0.717) is 18.2 Å². The number of amides is 1. The van der Waals surface area contributed by atoms with E-state index in [1.54, 1.807) is 0 Å². The minimum atomic E-state index is 0.140. The van der Waals surface area contributed by atoms with Gasteiger partial charge in [-0.1, -0.05) is 44.2 Å². The fraction of sp³-hybridized carbons (Fsp3) is 0.667. The molecule has 0 N–H and O–H groups in total. The first-order valence-electron chi connectivity index (χ1n) is 9.78. The zero-order valence-corrected chi connectivity index (χ0v) is 16.1. The van der Waals surface area contributed by atoms with Gasteiger partial charge in [0.2, 0.25) is 5.91 Å². The number of hydrogen-bond acceptors (Lipinski definition) is 3. The summed E-state index contributed by atoms with van der Waals surface area (Å²) in [6.45, 7) is 10.2. The third-order valence-electron chi connectivity index (χ3n) is 5.95. The fourth-order valence-electron chi connectivity index (χ4n) is 4.39. The van der Waals surface area contributed by atoms with E-state index in [-0.39, 0.29) is 5.54 Å². The molecule has 4 heteroatoms. The zero-order chi connectivity index (χ0) is 17.9. The molecule has 0 atom stereocenters. The Kier molecular flexibility index (Phi) is 5.80. The van der Waals surface area contributed by atoms with Crippen LogP contribution in [0.15, 0.2) is 30.3 Å². The van der Waals surface area contributed by atoms with Crippen LogP contribution in [0.5, 0.6) is 0 Å². The zero-order valence-electron chi connectivity index (χ0n) is 16.1. The van der Waals surface area contributed by atoms with Crippen molar-refractivity contribution in [1.82, 2.24) is 14.7 Å². The number of benzene rings is 1. The first kappa shape index (κ1) is 18.4. The Morgan fingerprint density at radius 3 is 2.16 bits per heavy atom. The van der Waals surface area contributed by atoms with Crippen LogP contribution in [-0.2, 0) is 10.3 Å². The van der Waals surface area contributed by atoms with Gasteiger partial charge >= 0.3 is 0 Å². The number of rotatable bonds is 4. The largest absolute Gasteiger partial charge is 0.340 e. The molecule has 25 heavy (non-hydrogen) atoms. The molecule has 2 aliphatic heterocycles. The normalized spacial score (nSPS) is 22.3. The van der Waals surface area contributed by atoms with Gasteiger partial charge in [-0.3, -0.25) is 9.69 Å². The average Bonchev–Trinajstić information content (AvgIpc) is 2.63. The summed E-state index contributed by atoms with van der Waals surface area (Å²) in [7, 11) is 2.22. The van der Waals surface area contributed by atoms with Crippen molar-refractivity contribution < 1.29 is 4.79 Å². The lowest BCUT2D eigenvalue weighted by Gasteiger charge is -2.51. The molecule has 4 nitrogen and oxygen atoms in total. The predicted molar refractivity (Wildman–Crippen MR) is 102 cm³/mol. The smallest absolute Gasteiger partial charge is 0.222 e. The van der Waals surface area contributed by atoms with Gasteiger partial charge in [0.15, 0.2) is 0 Å². The molecule has 2 heterocycles. The van der Waals surface area contributed by atoms with Gasteiger partial charge in [-0.15, -0.1) is 0 Å². The molecule has 0 saturated carbocycles. The van der Waals surface area contributed by atoms with Crippen LogP contribution in [-0.4, -0.2) is 66.9 Å². The van der Waals surface area contributed by atoms with E-state index >= 15 is 0 Å². The number of nitrogens with zero attached hydrogens (tertiary/aromatic N) is 3. The van der Waals surface area contributed by atoms with Gasteiger partial charge in [0.1, 0.15) is 0 Å². The Bertz CT molecular complexity index is 556. The summed E-state index contributed by atoms with van der Waals surface area (Å²) >= 11 is 0. The monoisotopic (exact) mass is 343 g/mol. The van der Waals surface area contributed by atoms with E-state index in [9.17, 15) is 4.79 Å². The highest BCUT2D eigenvalue weighted by Crippen LogP contribution is 2.39. The third kappa shape index (κ3) is 4.06. The van der Waals surface area contributed by atoms with E-state index < -0.39 is 0 Å². The Balaban J connectivity index is 1.72. The summed E-state index contributed by atoms with van der Waals surface area (Å²) in [5, 5.41) is 0. The molecule has 2 fully saturated rings. The van der Waals surface area contributed by atoms with Gasteiger partial charge < -0.3 is 9.80 Å². The Labute approximate surface area is 152 Å². The number of piperidine rings is 1. The second kappa shape index (κ2) is 7.88. The van der Waals surface area contributed by atoms with Gasteiger partial charge in [-0.05, 0) is 44.5 Å². The maximum atomic E-state index is 12.4. The molecular formula is C21H33N3O. The fourth-order valence-corrected chi connectivity index (χ4v) is 4.39. The highest BCUT2D eigenvalue weighted by atomic mass is 16.2. The van der Waals surface area contributed by atoms with Crippen LogP contribution >= 0.6 is 0 Å². The molecule has 0 aromatic heterocycles. The van der Waals surface area contributed by atoms with Gasteiger partial charge in [0.05, 0.1) is 0 Å². The van der Waals surface area contributed by atoms with Gasteiger partial charge in [0, 0.05) is 38.1 Å². The molecule has 0 radical (unpaired) electrons. The predicted octanol–water partition coefficient (Wildman–Crippen LogP) is 2.80. The van der Waals surface area contributed by atoms with Crippen molar-refractivity contribution in [3.63, 3.8) is 0 Å². The van der Waals surface area contributed by atoms with E-state index in [1.165, 1.54) is 18.4 Å². The molecule has 0 spiro atoms.